The van der Waals surface area contributed by atoms with E-state index in [-0.39, 0.29) is 0 Å². The minimum Gasteiger partial charge on any atom is -0.494 e. The first-order chi connectivity index (χ1) is 13.2. The van der Waals surface area contributed by atoms with Crippen LogP contribution in [0.5, 0.6) is 5.75 Å². The van der Waals surface area contributed by atoms with E-state index in [2.05, 4.69) is 50.0 Å². The Labute approximate surface area is 163 Å². The van der Waals surface area contributed by atoms with E-state index < -0.39 is 0 Å². The molecule has 0 amide bonds. The number of carbonyl (C=O) groups is 1. The molecule has 0 bridgehead atoms. The molecule has 2 heteroatoms. The molecule has 27 heavy (non-hydrogen) atoms. The van der Waals surface area contributed by atoms with Crippen molar-refractivity contribution in [2.24, 2.45) is 5.92 Å². The Morgan fingerprint density at radius 1 is 1.04 bits per heavy atom. The first-order valence-corrected chi connectivity index (χ1v) is 10.0. The Balaban J connectivity index is 1.54. The third-order valence-corrected chi connectivity index (χ3v) is 5.01. The van der Waals surface area contributed by atoms with Crippen molar-refractivity contribution in [3.63, 3.8) is 0 Å². The quantitative estimate of drug-likeness (QED) is 0.561. The highest BCUT2D eigenvalue weighted by Crippen LogP contribution is 2.32. The predicted octanol–water partition coefficient (Wildman–Crippen LogP) is 5.74. The Morgan fingerprint density at radius 2 is 1.63 bits per heavy atom. The minimum absolute atomic E-state index is 0.377. The summed E-state index contributed by atoms with van der Waals surface area (Å²) in [5.74, 6) is 8.55. The fraction of sp³-hybridized carbons (Fsp3) is 0.400. The van der Waals surface area contributed by atoms with Crippen molar-refractivity contribution in [1.82, 2.24) is 0 Å². The van der Waals surface area contributed by atoms with E-state index >= 15 is 0 Å². The molecule has 0 saturated heterocycles. The van der Waals surface area contributed by atoms with Gasteiger partial charge in [0.05, 0.1) is 6.61 Å². The summed E-state index contributed by atoms with van der Waals surface area (Å²) in [6.45, 7) is 5.03. The van der Waals surface area contributed by atoms with Crippen molar-refractivity contribution in [3.8, 4) is 17.6 Å². The second-order valence-electron chi connectivity index (χ2n) is 7.43. The van der Waals surface area contributed by atoms with Gasteiger partial charge in [-0.05, 0) is 73.6 Å². The molecule has 1 saturated carbocycles. The molecule has 0 heterocycles. The van der Waals surface area contributed by atoms with E-state index in [4.69, 9.17) is 4.74 Å². The Hall–Kier alpha value is -2.53. The van der Waals surface area contributed by atoms with Crippen LogP contribution in [0.15, 0.2) is 48.5 Å². The highest BCUT2D eigenvalue weighted by atomic mass is 16.5. The van der Waals surface area contributed by atoms with Crippen LogP contribution in [0, 0.1) is 17.8 Å². The third kappa shape index (κ3) is 6.00. The van der Waals surface area contributed by atoms with Crippen molar-refractivity contribution in [3.05, 3.63) is 65.2 Å². The van der Waals surface area contributed by atoms with Gasteiger partial charge in [0.25, 0.3) is 0 Å². The van der Waals surface area contributed by atoms with E-state index in [9.17, 15) is 4.79 Å². The molecule has 3 rings (SSSR count). The number of ketones is 1. The molecule has 1 aliphatic rings. The smallest absolute Gasteiger partial charge is 0.135 e. The SMILES string of the molecule is CCCOc1ccc(C#Cc2ccc(C(C)CCC(=O)C3CC3)cc2)cc1. The van der Waals surface area contributed by atoms with E-state index in [1.807, 2.05) is 24.3 Å². The van der Waals surface area contributed by atoms with E-state index in [1.165, 1.54) is 5.56 Å². The molecule has 0 aromatic heterocycles. The van der Waals surface area contributed by atoms with Gasteiger partial charge in [0.1, 0.15) is 11.5 Å². The zero-order chi connectivity index (χ0) is 19.1. The maximum atomic E-state index is 11.9. The summed E-state index contributed by atoms with van der Waals surface area (Å²) in [6, 6.07) is 16.3. The second-order valence-corrected chi connectivity index (χ2v) is 7.43. The number of Topliss-reactive ketones (excluding diaryl/α,β-unsaturated/α-hetero) is 1. The number of hydrogen-bond donors (Lipinski definition) is 0. The number of hydrogen-bond acceptors (Lipinski definition) is 2. The maximum absolute atomic E-state index is 11.9. The van der Waals surface area contributed by atoms with E-state index in [0.29, 0.717) is 24.0 Å². The molecule has 2 aromatic carbocycles. The average molecular weight is 360 g/mol. The molecule has 2 nitrogen and oxygen atoms in total. The zero-order valence-electron chi connectivity index (χ0n) is 16.3. The van der Waals surface area contributed by atoms with Gasteiger partial charge < -0.3 is 4.74 Å². The lowest BCUT2D eigenvalue weighted by Crippen LogP contribution is -2.03. The molecular weight excluding hydrogens is 332 g/mol. The Bertz CT molecular complexity index is 802. The van der Waals surface area contributed by atoms with Crippen LogP contribution in [0.2, 0.25) is 0 Å². The van der Waals surface area contributed by atoms with Gasteiger partial charge in [-0.3, -0.25) is 4.79 Å². The standard InChI is InChI=1S/C25H28O2/c1-3-18-27-24-15-9-21(10-16-24)6-5-20-7-11-22(12-8-20)19(2)4-17-25(26)23-13-14-23/h7-12,15-16,19,23H,3-4,13-14,17-18H2,1-2H3. The van der Waals surface area contributed by atoms with Gasteiger partial charge in [0, 0.05) is 23.5 Å². The highest BCUT2D eigenvalue weighted by Gasteiger charge is 2.29. The van der Waals surface area contributed by atoms with Crippen LogP contribution in [0.3, 0.4) is 0 Å². The Kier molecular flexibility index (Phi) is 6.71. The fourth-order valence-corrected chi connectivity index (χ4v) is 3.03. The molecule has 1 unspecified atom stereocenters. The third-order valence-electron chi connectivity index (χ3n) is 5.01. The molecule has 1 fully saturated rings. The summed E-state index contributed by atoms with van der Waals surface area (Å²) in [7, 11) is 0. The van der Waals surface area contributed by atoms with Crippen molar-refractivity contribution in [2.45, 2.75) is 51.9 Å². The van der Waals surface area contributed by atoms with Crippen LogP contribution in [0.4, 0.5) is 0 Å². The summed E-state index contributed by atoms with van der Waals surface area (Å²) < 4.78 is 5.59. The van der Waals surface area contributed by atoms with Crippen molar-refractivity contribution >= 4 is 5.78 Å². The summed E-state index contributed by atoms with van der Waals surface area (Å²) >= 11 is 0. The topological polar surface area (TPSA) is 26.3 Å². The zero-order valence-corrected chi connectivity index (χ0v) is 16.3. The van der Waals surface area contributed by atoms with Gasteiger partial charge in [-0.15, -0.1) is 0 Å². The van der Waals surface area contributed by atoms with Crippen LogP contribution in [-0.4, -0.2) is 12.4 Å². The average Bonchev–Trinajstić information content (AvgIpc) is 3.55. The lowest BCUT2D eigenvalue weighted by molar-refractivity contribution is -0.120. The summed E-state index contributed by atoms with van der Waals surface area (Å²) in [5.41, 5.74) is 3.27. The molecule has 2 aromatic rings. The molecule has 0 aliphatic heterocycles. The minimum atomic E-state index is 0.377. The van der Waals surface area contributed by atoms with Crippen LogP contribution >= 0.6 is 0 Å². The lowest BCUT2D eigenvalue weighted by Gasteiger charge is -2.11. The van der Waals surface area contributed by atoms with Crippen LogP contribution in [0.1, 0.15) is 68.6 Å². The number of carbonyl (C=O) groups excluding carboxylic acids is 1. The molecule has 0 N–H and O–H groups in total. The van der Waals surface area contributed by atoms with E-state index in [0.717, 1.165) is 49.2 Å². The largest absolute Gasteiger partial charge is 0.494 e. The molecule has 1 atom stereocenters. The normalized spacial score (nSPS) is 14.1. The van der Waals surface area contributed by atoms with Gasteiger partial charge >= 0.3 is 0 Å². The molecule has 140 valence electrons. The number of rotatable bonds is 8. The van der Waals surface area contributed by atoms with Gasteiger partial charge in [0.2, 0.25) is 0 Å². The molecule has 1 aliphatic carbocycles. The fourth-order valence-electron chi connectivity index (χ4n) is 3.03. The second kappa shape index (κ2) is 9.42. The van der Waals surface area contributed by atoms with Crippen molar-refractivity contribution < 1.29 is 9.53 Å². The lowest BCUT2D eigenvalue weighted by atomic mass is 9.94. The van der Waals surface area contributed by atoms with Crippen LogP contribution < -0.4 is 4.74 Å². The van der Waals surface area contributed by atoms with Crippen LogP contribution in [0.25, 0.3) is 0 Å². The summed E-state index contributed by atoms with van der Waals surface area (Å²) in [4.78, 5) is 11.9. The maximum Gasteiger partial charge on any atom is 0.135 e. The monoisotopic (exact) mass is 360 g/mol. The molecular formula is C25H28O2. The first kappa shape index (κ1) is 19.2. The van der Waals surface area contributed by atoms with Crippen molar-refractivity contribution in [1.29, 1.82) is 0 Å². The van der Waals surface area contributed by atoms with Gasteiger partial charge in [0.15, 0.2) is 0 Å². The predicted molar refractivity (Wildman–Crippen MR) is 110 cm³/mol. The first-order valence-electron chi connectivity index (χ1n) is 10.0. The Morgan fingerprint density at radius 3 is 2.19 bits per heavy atom. The summed E-state index contributed by atoms with van der Waals surface area (Å²) in [6.07, 6.45) is 4.87. The van der Waals surface area contributed by atoms with Gasteiger partial charge in [-0.1, -0.05) is 37.8 Å². The van der Waals surface area contributed by atoms with Gasteiger partial charge in [-0.25, -0.2) is 0 Å². The van der Waals surface area contributed by atoms with Crippen LogP contribution in [-0.2, 0) is 4.79 Å². The molecule has 0 radical (unpaired) electrons. The van der Waals surface area contributed by atoms with E-state index in [1.54, 1.807) is 0 Å². The highest BCUT2D eigenvalue weighted by molar-refractivity contribution is 5.83. The number of benzene rings is 2. The van der Waals surface area contributed by atoms with Crippen molar-refractivity contribution in [2.75, 3.05) is 6.61 Å². The summed E-state index contributed by atoms with van der Waals surface area (Å²) in [5, 5.41) is 0. The van der Waals surface area contributed by atoms with Gasteiger partial charge in [-0.2, -0.15) is 0 Å². The molecule has 0 spiro atoms. The number of ether oxygens (including phenoxy) is 1.